The highest BCUT2D eigenvalue weighted by atomic mass is 16.3. The number of aliphatic hydroxyl groups excluding tert-OH is 1. The standard InChI is InChI=1S/C13H27NO/c1-10(2)13(9-15)14-11(3)12-7-5-4-6-8-12/h10-15H,4-9H2,1-3H3. The van der Waals surface area contributed by atoms with Crippen molar-refractivity contribution in [1.82, 2.24) is 5.32 Å². The molecule has 0 amide bonds. The molecule has 2 N–H and O–H groups in total. The minimum atomic E-state index is 0.259. The summed E-state index contributed by atoms with van der Waals surface area (Å²) in [6, 6.07) is 0.826. The normalized spacial score (nSPS) is 23.0. The first-order valence-electron chi connectivity index (χ1n) is 6.52. The second-order valence-corrected chi connectivity index (χ2v) is 5.39. The van der Waals surface area contributed by atoms with Crippen LogP contribution in [0.3, 0.4) is 0 Å². The van der Waals surface area contributed by atoms with Gasteiger partial charge in [-0.3, -0.25) is 0 Å². The zero-order valence-electron chi connectivity index (χ0n) is 10.5. The van der Waals surface area contributed by atoms with E-state index in [4.69, 9.17) is 0 Å². The minimum Gasteiger partial charge on any atom is -0.395 e. The number of hydrogen-bond donors (Lipinski definition) is 2. The molecule has 1 fully saturated rings. The molecule has 0 aromatic heterocycles. The third-order valence-electron chi connectivity index (χ3n) is 3.84. The van der Waals surface area contributed by atoms with E-state index in [0.29, 0.717) is 12.0 Å². The second kappa shape index (κ2) is 6.49. The van der Waals surface area contributed by atoms with Crippen LogP contribution in [0.4, 0.5) is 0 Å². The fourth-order valence-corrected chi connectivity index (χ4v) is 2.56. The van der Waals surface area contributed by atoms with Crippen LogP contribution in [0.1, 0.15) is 52.9 Å². The second-order valence-electron chi connectivity index (χ2n) is 5.39. The number of aliphatic hydroxyl groups is 1. The average Bonchev–Trinajstić information content (AvgIpc) is 2.26. The molecule has 0 heterocycles. The molecule has 0 aromatic rings. The molecule has 1 aliphatic rings. The van der Waals surface area contributed by atoms with E-state index in [-0.39, 0.29) is 12.6 Å². The van der Waals surface area contributed by atoms with Gasteiger partial charge in [0.05, 0.1) is 6.61 Å². The number of rotatable bonds is 5. The lowest BCUT2D eigenvalue weighted by Gasteiger charge is -2.32. The Bertz CT molecular complexity index is 164. The monoisotopic (exact) mass is 213 g/mol. The molecule has 2 atom stereocenters. The van der Waals surface area contributed by atoms with Gasteiger partial charge in [0.2, 0.25) is 0 Å². The molecule has 0 bridgehead atoms. The molecule has 0 spiro atoms. The van der Waals surface area contributed by atoms with Crippen LogP contribution in [0.25, 0.3) is 0 Å². The lowest BCUT2D eigenvalue weighted by atomic mass is 9.84. The highest BCUT2D eigenvalue weighted by molar-refractivity contribution is 4.80. The molecule has 1 aliphatic carbocycles. The molecule has 0 aliphatic heterocycles. The van der Waals surface area contributed by atoms with Crippen LogP contribution in [0.2, 0.25) is 0 Å². The molecule has 0 saturated heterocycles. The van der Waals surface area contributed by atoms with E-state index in [1.54, 1.807) is 0 Å². The van der Waals surface area contributed by atoms with Crippen LogP contribution in [-0.2, 0) is 0 Å². The van der Waals surface area contributed by atoms with Crippen molar-refractivity contribution in [1.29, 1.82) is 0 Å². The van der Waals surface area contributed by atoms with Gasteiger partial charge >= 0.3 is 0 Å². The first kappa shape index (κ1) is 13.0. The van der Waals surface area contributed by atoms with Crippen molar-refractivity contribution in [3.8, 4) is 0 Å². The zero-order chi connectivity index (χ0) is 11.3. The lowest BCUT2D eigenvalue weighted by molar-refractivity contribution is 0.176. The van der Waals surface area contributed by atoms with E-state index >= 15 is 0 Å². The van der Waals surface area contributed by atoms with Crippen LogP contribution >= 0.6 is 0 Å². The fraction of sp³-hybridized carbons (Fsp3) is 1.00. The van der Waals surface area contributed by atoms with E-state index < -0.39 is 0 Å². The molecule has 1 rings (SSSR count). The van der Waals surface area contributed by atoms with E-state index in [2.05, 4.69) is 26.1 Å². The molecule has 1 saturated carbocycles. The van der Waals surface area contributed by atoms with Crippen LogP contribution in [-0.4, -0.2) is 23.8 Å². The molecule has 2 nitrogen and oxygen atoms in total. The Labute approximate surface area is 94.5 Å². The van der Waals surface area contributed by atoms with Gasteiger partial charge in [0.1, 0.15) is 0 Å². The Hall–Kier alpha value is -0.0800. The Kier molecular flexibility index (Phi) is 5.62. The van der Waals surface area contributed by atoms with E-state index in [9.17, 15) is 5.11 Å². The van der Waals surface area contributed by atoms with E-state index in [1.165, 1.54) is 32.1 Å². The van der Waals surface area contributed by atoms with Gasteiger partial charge in [-0.25, -0.2) is 0 Å². The van der Waals surface area contributed by atoms with Crippen LogP contribution in [0, 0.1) is 11.8 Å². The maximum atomic E-state index is 9.28. The van der Waals surface area contributed by atoms with Crippen molar-refractivity contribution in [2.24, 2.45) is 11.8 Å². The predicted octanol–water partition coefficient (Wildman–Crippen LogP) is 2.56. The number of hydrogen-bond acceptors (Lipinski definition) is 2. The quantitative estimate of drug-likeness (QED) is 0.735. The highest BCUT2D eigenvalue weighted by Crippen LogP contribution is 2.26. The van der Waals surface area contributed by atoms with Gasteiger partial charge in [-0.05, 0) is 31.6 Å². The summed E-state index contributed by atoms with van der Waals surface area (Å²) in [5.74, 6) is 1.34. The zero-order valence-corrected chi connectivity index (χ0v) is 10.5. The Morgan fingerprint density at radius 3 is 2.20 bits per heavy atom. The molecule has 90 valence electrons. The Morgan fingerprint density at radius 1 is 1.13 bits per heavy atom. The topological polar surface area (TPSA) is 32.3 Å². The van der Waals surface area contributed by atoms with Crippen LogP contribution < -0.4 is 5.32 Å². The molecular formula is C13H27NO. The molecule has 0 radical (unpaired) electrons. The van der Waals surface area contributed by atoms with Gasteiger partial charge < -0.3 is 10.4 Å². The van der Waals surface area contributed by atoms with Gasteiger partial charge in [0, 0.05) is 12.1 Å². The Balaban J connectivity index is 2.34. The summed E-state index contributed by atoms with van der Waals surface area (Å²) in [5, 5.41) is 12.9. The molecular weight excluding hydrogens is 186 g/mol. The molecule has 2 unspecified atom stereocenters. The summed E-state index contributed by atoms with van der Waals surface area (Å²) in [4.78, 5) is 0. The van der Waals surface area contributed by atoms with Crippen molar-refractivity contribution in [2.45, 2.75) is 65.0 Å². The lowest BCUT2D eigenvalue weighted by Crippen LogP contribution is -2.46. The van der Waals surface area contributed by atoms with E-state index in [1.807, 2.05) is 0 Å². The first-order valence-corrected chi connectivity index (χ1v) is 6.52. The largest absolute Gasteiger partial charge is 0.395 e. The molecule has 15 heavy (non-hydrogen) atoms. The highest BCUT2D eigenvalue weighted by Gasteiger charge is 2.23. The third kappa shape index (κ3) is 4.12. The first-order chi connectivity index (χ1) is 7.15. The fourth-order valence-electron chi connectivity index (χ4n) is 2.56. The van der Waals surface area contributed by atoms with Crippen molar-refractivity contribution < 1.29 is 5.11 Å². The summed E-state index contributed by atoms with van der Waals surface area (Å²) < 4.78 is 0. The van der Waals surface area contributed by atoms with Gasteiger partial charge in [-0.15, -0.1) is 0 Å². The van der Waals surface area contributed by atoms with Gasteiger partial charge in [0.15, 0.2) is 0 Å². The van der Waals surface area contributed by atoms with E-state index in [0.717, 1.165) is 5.92 Å². The Morgan fingerprint density at radius 2 is 1.73 bits per heavy atom. The SMILES string of the molecule is CC(C)C(CO)NC(C)C1CCCCC1. The summed E-state index contributed by atoms with van der Waals surface area (Å²) >= 11 is 0. The summed E-state index contributed by atoms with van der Waals surface area (Å²) in [6.07, 6.45) is 6.93. The molecule has 2 heteroatoms. The van der Waals surface area contributed by atoms with Crippen LogP contribution in [0.15, 0.2) is 0 Å². The summed E-state index contributed by atoms with van der Waals surface area (Å²) in [7, 11) is 0. The smallest absolute Gasteiger partial charge is 0.0587 e. The molecule has 0 aromatic carbocycles. The maximum Gasteiger partial charge on any atom is 0.0587 e. The van der Waals surface area contributed by atoms with Gasteiger partial charge in [-0.2, -0.15) is 0 Å². The van der Waals surface area contributed by atoms with Crippen molar-refractivity contribution >= 4 is 0 Å². The average molecular weight is 213 g/mol. The van der Waals surface area contributed by atoms with Crippen molar-refractivity contribution in [3.63, 3.8) is 0 Å². The minimum absolute atomic E-state index is 0.259. The third-order valence-corrected chi connectivity index (χ3v) is 3.84. The summed E-state index contributed by atoms with van der Waals surface area (Å²) in [6.45, 7) is 6.87. The maximum absolute atomic E-state index is 9.28. The van der Waals surface area contributed by atoms with Gasteiger partial charge in [-0.1, -0.05) is 33.1 Å². The van der Waals surface area contributed by atoms with Gasteiger partial charge in [0.25, 0.3) is 0 Å². The van der Waals surface area contributed by atoms with Crippen molar-refractivity contribution in [2.75, 3.05) is 6.61 Å². The van der Waals surface area contributed by atoms with Crippen LogP contribution in [0.5, 0.6) is 0 Å². The number of nitrogens with one attached hydrogen (secondary N) is 1. The van der Waals surface area contributed by atoms with Crippen molar-refractivity contribution in [3.05, 3.63) is 0 Å². The summed E-state index contributed by atoms with van der Waals surface area (Å²) in [5.41, 5.74) is 0. The predicted molar refractivity (Wildman–Crippen MR) is 64.9 cm³/mol.